The molecule has 0 aromatic carbocycles. The summed E-state index contributed by atoms with van der Waals surface area (Å²) in [5.74, 6) is -0.561. The number of likely N-dealkylation sites (N-methyl/N-ethyl adjacent to an activating group) is 1. The van der Waals surface area contributed by atoms with Crippen molar-refractivity contribution in [3.63, 3.8) is 0 Å². The SMILES string of the molecule is CCO.C[N+]1(C)[C@@H]2CC(OC(=O)C(O)(c3cccs3)c3cccs3)C[C@H]1[C@@H]1O[C@@H]12.[Br-]. The van der Waals surface area contributed by atoms with Gasteiger partial charge in [-0.3, -0.25) is 0 Å². The van der Waals surface area contributed by atoms with Crippen LogP contribution < -0.4 is 17.0 Å². The number of aliphatic hydroxyl groups is 2. The van der Waals surface area contributed by atoms with E-state index >= 15 is 0 Å². The molecule has 5 rings (SSSR count). The van der Waals surface area contributed by atoms with E-state index in [1.165, 1.54) is 22.7 Å². The van der Waals surface area contributed by atoms with Crippen molar-refractivity contribution in [2.75, 3.05) is 20.7 Å². The van der Waals surface area contributed by atoms with Crippen molar-refractivity contribution >= 4 is 28.6 Å². The van der Waals surface area contributed by atoms with Crippen LogP contribution in [0.4, 0.5) is 0 Å². The third-order valence-corrected chi connectivity index (χ3v) is 8.32. The maximum Gasteiger partial charge on any atom is 0.349 e. The smallest absolute Gasteiger partial charge is 0.349 e. The number of hydrogen-bond donors (Lipinski definition) is 2. The number of ether oxygens (including phenoxy) is 2. The fourth-order valence-electron chi connectivity index (χ4n) is 4.83. The van der Waals surface area contributed by atoms with Crippen molar-refractivity contribution < 1.29 is 45.9 Å². The lowest BCUT2D eigenvalue weighted by Gasteiger charge is -2.45. The molecule has 2 bridgehead atoms. The topological polar surface area (TPSA) is 79.3 Å². The van der Waals surface area contributed by atoms with Crippen LogP contribution in [-0.2, 0) is 19.9 Å². The van der Waals surface area contributed by atoms with E-state index in [1.807, 2.05) is 22.9 Å². The first-order valence-corrected chi connectivity index (χ1v) is 11.7. The van der Waals surface area contributed by atoms with Gasteiger partial charge in [-0.05, 0) is 29.8 Å². The van der Waals surface area contributed by atoms with Crippen molar-refractivity contribution in [1.82, 2.24) is 0 Å². The van der Waals surface area contributed by atoms with E-state index in [-0.39, 0.29) is 29.7 Å². The predicted octanol–water partition coefficient (Wildman–Crippen LogP) is -0.652. The van der Waals surface area contributed by atoms with Gasteiger partial charge in [0.2, 0.25) is 5.60 Å². The normalized spacial score (nSPS) is 30.4. The molecule has 3 fully saturated rings. The van der Waals surface area contributed by atoms with E-state index in [0.29, 0.717) is 34.0 Å². The molecule has 3 aliphatic rings. The molecule has 3 saturated heterocycles. The highest BCUT2D eigenvalue weighted by Crippen LogP contribution is 2.52. The zero-order valence-electron chi connectivity index (χ0n) is 17.2. The van der Waals surface area contributed by atoms with E-state index in [1.54, 1.807) is 19.1 Å². The summed E-state index contributed by atoms with van der Waals surface area (Å²) < 4.78 is 12.6. The van der Waals surface area contributed by atoms with Crippen LogP contribution in [0.25, 0.3) is 0 Å². The fraction of sp³-hybridized carbons (Fsp3) is 0.571. The first-order chi connectivity index (χ1) is 13.8. The van der Waals surface area contributed by atoms with Crippen LogP contribution in [0.5, 0.6) is 0 Å². The highest BCUT2D eigenvalue weighted by Gasteiger charge is 2.71. The molecule has 5 atom stereocenters. The standard InChI is InChI=1S/C19H22NO4S2.C2H6O.BrH/c1-20(2)12-9-11(10-13(20)17-16(12)24-17)23-18(21)19(22,14-5-3-7-25-14)15-6-4-8-26-15;1-2-3;/h3-8,11-13,16-17,22H,9-10H2,1-2H3;3H,2H2,1H3;1H/q+1;;/p-1/t11?,12-,13+,16-,17+;;. The number of thiophene rings is 2. The Labute approximate surface area is 195 Å². The van der Waals surface area contributed by atoms with Gasteiger partial charge in [0.15, 0.2) is 0 Å². The van der Waals surface area contributed by atoms with Gasteiger partial charge in [0.25, 0.3) is 0 Å². The number of fused-ring (bicyclic) bond motifs is 5. The van der Waals surface area contributed by atoms with Gasteiger partial charge in [-0.1, -0.05) is 12.1 Å². The molecule has 0 saturated carbocycles. The number of rotatable bonds is 4. The molecule has 0 aliphatic carbocycles. The summed E-state index contributed by atoms with van der Waals surface area (Å²) in [7, 11) is 4.49. The van der Waals surface area contributed by atoms with Crippen molar-refractivity contribution in [3.05, 3.63) is 44.8 Å². The van der Waals surface area contributed by atoms with Crippen molar-refractivity contribution in [3.8, 4) is 0 Å². The quantitative estimate of drug-likeness (QED) is 0.320. The van der Waals surface area contributed by atoms with Gasteiger partial charge < -0.3 is 41.2 Å². The van der Waals surface area contributed by atoms with Crippen molar-refractivity contribution in [1.29, 1.82) is 0 Å². The zero-order valence-corrected chi connectivity index (χ0v) is 20.5. The monoisotopic (exact) mass is 517 g/mol. The lowest BCUT2D eigenvalue weighted by molar-refractivity contribution is -0.938. The lowest BCUT2D eigenvalue weighted by atomic mass is 9.95. The number of halogens is 1. The molecule has 6 nitrogen and oxygen atoms in total. The summed E-state index contributed by atoms with van der Waals surface area (Å²) in [6.07, 6.45) is 2.05. The van der Waals surface area contributed by atoms with Crippen LogP contribution in [0, 0.1) is 0 Å². The molecule has 0 radical (unpaired) electrons. The van der Waals surface area contributed by atoms with Crippen LogP contribution >= 0.6 is 22.7 Å². The van der Waals surface area contributed by atoms with Gasteiger partial charge in [0, 0.05) is 19.4 Å². The minimum Gasteiger partial charge on any atom is -1.00 e. The average molecular weight is 518 g/mol. The number of quaternary nitrogens is 1. The highest BCUT2D eigenvalue weighted by atomic mass is 79.9. The second kappa shape index (κ2) is 8.97. The van der Waals surface area contributed by atoms with Gasteiger partial charge in [0.1, 0.15) is 30.4 Å². The summed E-state index contributed by atoms with van der Waals surface area (Å²) in [5, 5.41) is 22.7. The number of nitrogens with zero attached hydrogens (tertiary/aromatic N) is 1. The van der Waals surface area contributed by atoms with Gasteiger partial charge in [-0.15, -0.1) is 22.7 Å². The summed E-state index contributed by atoms with van der Waals surface area (Å²) >= 11 is 2.74. The molecular formula is C21H28BrNO5S2. The van der Waals surface area contributed by atoms with E-state index in [0.717, 1.165) is 17.3 Å². The van der Waals surface area contributed by atoms with E-state index in [2.05, 4.69) is 14.1 Å². The molecule has 3 aliphatic heterocycles. The molecule has 2 N–H and O–H groups in total. The average Bonchev–Trinajstić information content (AvgIpc) is 3.04. The first kappa shape index (κ1) is 23.8. The Balaban J connectivity index is 0.000000606. The van der Waals surface area contributed by atoms with Crippen LogP contribution in [0.2, 0.25) is 0 Å². The zero-order chi connectivity index (χ0) is 20.8. The first-order valence-electron chi connectivity index (χ1n) is 9.95. The maximum atomic E-state index is 13.1. The Bertz CT molecular complexity index is 787. The van der Waals surface area contributed by atoms with Gasteiger partial charge >= 0.3 is 5.97 Å². The molecular weight excluding hydrogens is 490 g/mol. The highest BCUT2D eigenvalue weighted by molar-refractivity contribution is 7.12. The number of epoxide rings is 1. The summed E-state index contributed by atoms with van der Waals surface area (Å²) in [6, 6.07) is 8.01. The molecule has 9 heteroatoms. The van der Waals surface area contributed by atoms with Crippen LogP contribution in [0.15, 0.2) is 35.0 Å². The van der Waals surface area contributed by atoms with E-state index < -0.39 is 11.6 Å². The third-order valence-electron chi connectivity index (χ3n) is 6.36. The van der Waals surface area contributed by atoms with E-state index in [9.17, 15) is 9.90 Å². The fourth-order valence-corrected chi connectivity index (χ4v) is 6.54. The summed E-state index contributed by atoms with van der Waals surface area (Å²) in [4.78, 5) is 14.3. The van der Waals surface area contributed by atoms with E-state index in [4.69, 9.17) is 14.6 Å². The number of aliphatic hydroxyl groups excluding tert-OH is 1. The number of hydrogen-bond acceptors (Lipinski definition) is 7. The van der Waals surface area contributed by atoms with Crippen molar-refractivity contribution in [2.45, 2.75) is 55.8 Å². The largest absolute Gasteiger partial charge is 1.00 e. The second-order valence-corrected chi connectivity index (χ2v) is 10.2. The predicted molar refractivity (Wildman–Crippen MR) is 112 cm³/mol. The van der Waals surface area contributed by atoms with Crippen LogP contribution in [0.1, 0.15) is 29.5 Å². The third kappa shape index (κ3) is 3.90. The molecule has 2 aromatic rings. The number of morpholine rings is 1. The molecule has 30 heavy (non-hydrogen) atoms. The summed E-state index contributed by atoms with van der Waals surface area (Å²) in [6.45, 7) is 1.93. The molecule has 0 amide bonds. The molecule has 1 unspecified atom stereocenters. The Morgan fingerprint density at radius 3 is 2.03 bits per heavy atom. The van der Waals surface area contributed by atoms with Gasteiger partial charge in [-0.2, -0.15) is 0 Å². The minimum absolute atomic E-state index is 0. The van der Waals surface area contributed by atoms with Crippen LogP contribution in [0.3, 0.4) is 0 Å². The van der Waals surface area contributed by atoms with Gasteiger partial charge in [0.05, 0.1) is 23.8 Å². The Hall–Kier alpha value is -0.810. The molecule has 2 aromatic heterocycles. The number of piperidine rings is 1. The van der Waals surface area contributed by atoms with Crippen molar-refractivity contribution in [2.24, 2.45) is 0 Å². The van der Waals surface area contributed by atoms with Crippen LogP contribution in [-0.4, -0.2) is 71.8 Å². The number of esters is 1. The Morgan fingerprint density at radius 1 is 1.17 bits per heavy atom. The molecule has 0 spiro atoms. The minimum atomic E-state index is -1.72. The lowest BCUT2D eigenvalue weighted by Crippen LogP contribution is -3.00. The Kier molecular flexibility index (Phi) is 7.13. The Morgan fingerprint density at radius 2 is 1.63 bits per heavy atom. The number of carbonyl (C=O) groups is 1. The molecule has 5 heterocycles. The second-order valence-electron chi connectivity index (χ2n) is 8.31. The van der Waals surface area contributed by atoms with Gasteiger partial charge in [-0.25, -0.2) is 4.79 Å². The summed E-state index contributed by atoms with van der Waals surface area (Å²) in [5.41, 5.74) is -1.72. The molecule has 166 valence electrons. The maximum absolute atomic E-state index is 13.1. The number of carbonyl (C=O) groups excluding carboxylic acids is 1.